The second-order valence-corrected chi connectivity index (χ2v) is 7.22. The van der Waals surface area contributed by atoms with E-state index in [1.165, 1.54) is 6.26 Å². The van der Waals surface area contributed by atoms with Crippen LogP contribution in [0.25, 0.3) is 11.5 Å². The number of carbonyl (C=O) groups is 1. The molecule has 0 bridgehead atoms. The first-order valence-corrected chi connectivity index (χ1v) is 9.61. The second kappa shape index (κ2) is 8.37. The molecule has 1 fully saturated rings. The summed E-state index contributed by atoms with van der Waals surface area (Å²) in [6, 6.07) is 9.47. The minimum absolute atomic E-state index is 0.0987. The van der Waals surface area contributed by atoms with E-state index in [2.05, 4.69) is 15.5 Å². The van der Waals surface area contributed by atoms with E-state index in [-0.39, 0.29) is 5.69 Å². The van der Waals surface area contributed by atoms with Crippen LogP contribution in [-0.2, 0) is 11.0 Å². The minimum Gasteiger partial charge on any atom is -0.463 e. The van der Waals surface area contributed by atoms with Crippen molar-refractivity contribution in [2.45, 2.75) is 19.0 Å². The first kappa shape index (κ1) is 20.8. The lowest BCUT2D eigenvalue weighted by Crippen LogP contribution is -2.41. The number of alkyl halides is 3. The summed E-state index contributed by atoms with van der Waals surface area (Å²) in [6.45, 7) is 1.02. The van der Waals surface area contributed by atoms with Gasteiger partial charge in [-0.05, 0) is 55.3 Å². The zero-order chi connectivity index (χ0) is 22.0. The average molecular weight is 434 g/mol. The van der Waals surface area contributed by atoms with E-state index < -0.39 is 29.4 Å². The molecule has 0 saturated carbocycles. The van der Waals surface area contributed by atoms with Gasteiger partial charge in [0.05, 0.1) is 17.7 Å². The highest BCUT2D eigenvalue weighted by molar-refractivity contribution is 5.93. The Labute approximate surface area is 174 Å². The van der Waals surface area contributed by atoms with Crippen LogP contribution in [0.2, 0.25) is 0 Å². The molecule has 1 unspecified atom stereocenters. The summed E-state index contributed by atoms with van der Waals surface area (Å²) in [6.07, 6.45) is -2.02. The van der Waals surface area contributed by atoms with Crippen LogP contribution >= 0.6 is 0 Å². The lowest BCUT2D eigenvalue weighted by Gasteiger charge is -2.32. The van der Waals surface area contributed by atoms with Crippen LogP contribution in [0.3, 0.4) is 0 Å². The van der Waals surface area contributed by atoms with Crippen LogP contribution in [-0.4, -0.2) is 29.2 Å². The van der Waals surface area contributed by atoms with Crippen LogP contribution in [0, 0.1) is 11.7 Å². The minimum atomic E-state index is -4.84. The number of furan rings is 1. The van der Waals surface area contributed by atoms with Gasteiger partial charge in [0.15, 0.2) is 11.6 Å². The molecular weight excluding hydrogens is 416 g/mol. The number of nitrogens with zero attached hydrogens (tertiary/aromatic N) is 3. The molecule has 2 aromatic heterocycles. The number of piperidine rings is 1. The third kappa shape index (κ3) is 4.68. The predicted octanol–water partition coefficient (Wildman–Crippen LogP) is 4.75. The molecule has 0 radical (unpaired) electrons. The summed E-state index contributed by atoms with van der Waals surface area (Å²) in [7, 11) is 0. The molecule has 3 aromatic rings. The van der Waals surface area contributed by atoms with E-state index in [1.54, 1.807) is 24.3 Å². The third-order valence-corrected chi connectivity index (χ3v) is 5.08. The summed E-state index contributed by atoms with van der Waals surface area (Å²) < 4.78 is 57.4. The highest BCUT2D eigenvalue weighted by atomic mass is 19.4. The van der Waals surface area contributed by atoms with Gasteiger partial charge in [-0.1, -0.05) is 0 Å². The normalized spacial score (nSPS) is 16.9. The average Bonchev–Trinajstić information content (AvgIpc) is 3.29. The van der Waals surface area contributed by atoms with Gasteiger partial charge in [0.25, 0.3) is 0 Å². The molecular formula is C21H18F4N4O2. The summed E-state index contributed by atoms with van der Waals surface area (Å²) in [5.74, 6) is -1.09. The van der Waals surface area contributed by atoms with Gasteiger partial charge in [-0.15, -0.1) is 10.2 Å². The summed E-state index contributed by atoms with van der Waals surface area (Å²) >= 11 is 0. The Morgan fingerprint density at radius 3 is 2.68 bits per heavy atom. The van der Waals surface area contributed by atoms with Crippen LogP contribution < -0.4 is 10.2 Å². The molecule has 31 heavy (non-hydrogen) atoms. The molecule has 1 aromatic carbocycles. The maximum absolute atomic E-state index is 13.5. The van der Waals surface area contributed by atoms with Crippen molar-refractivity contribution in [3.8, 4) is 11.5 Å². The third-order valence-electron chi connectivity index (χ3n) is 5.08. The van der Waals surface area contributed by atoms with E-state index >= 15 is 0 Å². The van der Waals surface area contributed by atoms with Crippen LogP contribution in [0.5, 0.6) is 0 Å². The zero-order valence-corrected chi connectivity index (χ0v) is 16.2. The molecule has 3 heterocycles. The number of rotatable bonds is 4. The largest absolute Gasteiger partial charge is 0.463 e. The number of aromatic nitrogens is 2. The molecule has 0 spiro atoms. The number of amides is 1. The van der Waals surface area contributed by atoms with Gasteiger partial charge < -0.3 is 14.6 Å². The van der Waals surface area contributed by atoms with Crippen LogP contribution in [0.1, 0.15) is 18.4 Å². The van der Waals surface area contributed by atoms with Crippen LogP contribution in [0.4, 0.5) is 29.1 Å². The Morgan fingerprint density at radius 1 is 1.16 bits per heavy atom. The predicted molar refractivity (Wildman–Crippen MR) is 105 cm³/mol. The summed E-state index contributed by atoms with van der Waals surface area (Å²) in [5, 5.41) is 10.8. The highest BCUT2D eigenvalue weighted by Crippen LogP contribution is 2.33. The Balaban J connectivity index is 1.43. The number of hydrogen-bond acceptors (Lipinski definition) is 5. The maximum atomic E-state index is 13.5. The Bertz CT molecular complexity index is 1050. The Kier molecular flexibility index (Phi) is 5.62. The lowest BCUT2D eigenvalue weighted by molar-refractivity contribution is -0.140. The summed E-state index contributed by atoms with van der Waals surface area (Å²) in [4.78, 5) is 14.5. The summed E-state index contributed by atoms with van der Waals surface area (Å²) in [5.41, 5.74) is -0.933. The molecule has 0 aliphatic carbocycles. The Hall–Kier alpha value is -3.43. The molecule has 1 N–H and O–H groups in total. The van der Waals surface area contributed by atoms with E-state index in [9.17, 15) is 22.4 Å². The fraction of sp³-hybridized carbons (Fsp3) is 0.286. The van der Waals surface area contributed by atoms with Crippen molar-refractivity contribution in [2.24, 2.45) is 5.92 Å². The number of carbonyl (C=O) groups excluding carboxylic acids is 1. The molecule has 4 rings (SSSR count). The number of benzene rings is 1. The fourth-order valence-electron chi connectivity index (χ4n) is 3.51. The molecule has 162 valence electrons. The van der Waals surface area contributed by atoms with Crippen molar-refractivity contribution in [1.82, 2.24) is 10.2 Å². The molecule has 1 aliphatic heterocycles. The van der Waals surface area contributed by atoms with Crippen molar-refractivity contribution < 1.29 is 26.8 Å². The van der Waals surface area contributed by atoms with Crippen molar-refractivity contribution in [3.63, 3.8) is 0 Å². The van der Waals surface area contributed by atoms with Crippen LogP contribution in [0.15, 0.2) is 53.1 Å². The molecule has 1 amide bonds. The number of anilines is 2. The van der Waals surface area contributed by atoms with Crippen molar-refractivity contribution in [2.75, 3.05) is 23.3 Å². The maximum Gasteiger partial charge on any atom is 0.419 e. The van der Waals surface area contributed by atoms with Gasteiger partial charge in [0.1, 0.15) is 11.5 Å². The first-order valence-electron chi connectivity index (χ1n) is 9.61. The van der Waals surface area contributed by atoms with Crippen molar-refractivity contribution in [1.29, 1.82) is 0 Å². The van der Waals surface area contributed by atoms with E-state index in [4.69, 9.17) is 4.42 Å². The van der Waals surface area contributed by atoms with Gasteiger partial charge in [0, 0.05) is 18.8 Å². The molecule has 10 heteroatoms. The van der Waals surface area contributed by atoms with E-state index in [0.717, 1.165) is 6.07 Å². The molecule has 1 aliphatic rings. The molecule has 1 saturated heterocycles. The number of nitrogens with one attached hydrogen (secondary N) is 1. The van der Waals surface area contributed by atoms with Gasteiger partial charge in [-0.3, -0.25) is 4.79 Å². The molecule has 1 atom stereocenters. The molecule has 6 nitrogen and oxygen atoms in total. The number of halogens is 4. The SMILES string of the molecule is O=C(Nc1ccc(F)c(C(F)(F)F)c1)C1CCCN(c2ccc(-c3ccco3)nn2)C1. The fourth-order valence-corrected chi connectivity index (χ4v) is 3.51. The second-order valence-electron chi connectivity index (χ2n) is 7.22. The highest BCUT2D eigenvalue weighted by Gasteiger charge is 2.34. The van der Waals surface area contributed by atoms with Gasteiger partial charge >= 0.3 is 6.18 Å². The topological polar surface area (TPSA) is 71.3 Å². The van der Waals surface area contributed by atoms with Gasteiger partial charge in [0.2, 0.25) is 5.91 Å². The zero-order valence-electron chi connectivity index (χ0n) is 16.2. The standard InChI is InChI=1S/C21H18F4N4O2/c22-16-6-5-14(11-15(16)21(23,24)25)26-20(30)13-3-1-9-29(12-13)19-8-7-17(27-28-19)18-4-2-10-31-18/h2,4-8,10-11,13H,1,3,9,12H2,(H,26,30). The van der Waals surface area contributed by atoms with Gasteiger partial charge in [-0.2, -0.15) is 13.2 Å². The van der Waals surface area contributed by atoms with Crippen molar-refractivity contribution >= 4 is 17.4 Å². The monoisotopic (exact) mass is 434 g/mol. The quantitative estimate of drug-likeness (QED) is 0.600. The lowest BCUT2D eigenvalue weighted by atomic mass is 9.97. The van der Waals surface area contributed by atoms with Gasteiger partial charge in [-0.25, -0.2) is 4.39 Å². The van der Waals surface area contributed by atoms with E-state index in [0.29, 0.717) is 55.3 Å². The first-order chi connectivity index (χ1) is 14.8. The van der Waals surface area contributed by atoms with E-state index in [1.807, 2.05) is 4.90 Å². The van der Waals surface area contributed by atoms with Crippen molar-refractivity contribution in [3.05, 3.63) is 60.1 Å². The number of hydrogen-bond donors (Lipinski definition) is 1. The Morgan fingerprint density at radius 2 is 2.00 bits per heavy atom. The smallest absolute Gasteiger partial charge is 0.419 e.